The normalized spacial score (nSPS) is 11.0. The van der Waals surface area contributed by atoms with Crippen molar-refractivity contribution < 1.29 is 14.0 Å². The summed E-state index contributed by atoms with van der Waals surface area (Å²) < 4.78 is 12.8. The lowest BCUT2D eigenvalue weighted by atomic mass is 10.2. The number of nitrogens with zero attached hydrogens (tertiary/aromatic N) is 2. The van der Waals surface area contributed by atoms with Gasteiger partial charge in [-0.1, -0.05) is 6.07 Å². The first-order valence-corrected chi connectivity index (χ1v) is 6.84. The number of benzene rings is 1. The van der Waals surface area contributed by atoms with Gasteiger partial charge in [0.2, 0.25) is 5.91 Å². The fourth-order valence-electron chi connectivity index (χ4n) is 1.71. The smallest absolute Gasteiger partial charge is 0.271 e. The minimum Gasteiger partial charge on any atom is -0.310 e. The van der Waals surface area contributed by atoms with Gasteiger partial charge < -0.3 is 5.32 Å². The first-order valence-electron chi connectivity index (χ1n) is 6.84. The zero-order valence-electron chi connectivity index (χ0n) is 12.4. The lowest BCUT2D eigenvalue weighted by Gasteiger charge is -2.04. The van der Waals surface area contributed by atoms with Crippen molar-refractivity contribution in [1.82, 2.24) is 10.4 Å². The molecule has 0 bridgehead atoms. The molecule has 0 atom stereocenters. The summed E-state index contributed by atoms with van der Waals surface area (Å²) in [6, 6.07) is 10.2. The molecule has 118 valence electrons. The van der Waals surface area contributed by atoms with Crippen LogP contribution in [0.1, 0.15) is 23.7 Å². The van der Waals surface area contributed by atoms with Crippen LogP contribution in [0, 0.1) is 5.82 Å². The Balaban J connectivity index is 1.86. The zero-order chi connectivity index (χ0) is 16.7. The predicted octanol–water partition coefficient (Wildman–Crippen LogP) is 2.36. The minimum atomic E-state index is -0.477. The monoisotopic (exact) mass is 314 g/mol. The zero-order valence-corrected chi connectivity index (χ0v) is 12.4. The fraction of sp³-hybridized carbons (Fsp3) is 0.125. The molecule has 7 heteroatoms. The van der Waals surface area contributed by atoms with Crippen LogP contribution in [0.2, 0.25) is 0 Å². The van der Waals surface area contributed by atoms with Crippen molar-refractivity contribution in [3.05, 3.63) is 60.0 Å². The van der Waals surface area contributed by atoms with E-state index in [2.05, 4.69) is 20.8 Å². The molecule has 2 rings (SSSR count). The Morgan fingerprint density at radius 3 is 2.57 bits per heavy atom. The molecule has 2 N–H and O–H groups in total. The van der Waals surface area contributed by atoms with Crippen molar-refractivity contribution in [3.63, 3.8) is 0 Å². The van der Waals surface area contributed by atoms with Crippen LogP contribution in [0.4, 0.5) is 10.2 Å². The number of hydrogen-bond donors (Lipinski definition) is 2. The van der Waals surface area contributed by atoms with Crippen molar-refractivity contribution in [1.29, 1.82) is 0 Å². The van der Waals surface area contributed by atoms with Gasteiger partial charge in [0.15, 0.2) is 0 Å². The number of halogens is 1. The molecule has 1 aromatic carbocycles. The van der Waals surface area contributed by atoms with Crippen molar-refractivity contribution in [2.75, 3.05) is 5.32 Å². The first-order chi connectivity index (χ1) is 11.0. The van der Waals surface area contributed by atoms with E-state index in [4.69, 9.17) is 0 Å². The van der Waals surface area contributed by atoms with Gasteiger partial charge in [0.1, 0.15) is 11.6 Å². The molecule has 2 amide bonds. The summed E-state index contributed by atoms with van der Waals surface area (Å²) in [5, 5.41) is 6.46. The molecule has 1 heterocycles. The van der Waals surface area contributed by atoms with Crippen LogP contribution < -0.4 is 10.7 Å². The van der Waals surface area contributed by atoms with Gasteiger partial charge in [-0.2, -0.15) is 5.10 Å². The van der Waals surface area contributed by atoms with Gasteiger partial charge in [0, 0.05) is 17.5 Å². The Morgan fingerprint density at radius 2 is 1.91 bits per heavy atom. The molecule has 0 aliphatic rings. The highest BCUT2D eigenvalue weighted by molar-refractivity contribution is 6.05. The Labute approximate surface area is 132 Å². The van der Waals surface area contributed by atoms with E-state index in [0.717, 1.165) is 0 Å². The summed E-state index contributed by atoms with van der Waals surface area (Å²) in [6.07, 6.45) is 1.58. The Morgan fingerprint density at radius 1 is 1.17 bits per heavy atom. The average molecular weight is 314 g/mol. The van der Waals surface area contributed by atoms with Crippen molar-refractivity contribution in [2.45, 2.75) is 13.3 Å². The molecule has 23 heavy (non-hydrogen) atoms. The van der Waals surface area contributed by atoms with Gasteiger partial charge in [-0.3, -0.25) is 9.59 Å². The largest absolute Gasteiger partial charge is 0.310 e. The second-order valence-corrected chi connectivity index (χ2v) is 4.73. The number of amides is 2. The van der Waals surface area contributed by atoms with Crippen LogP contribution in [-0.4, -0.2) is 22.5 Å². The van der Waals surface area contributed by atoms with E-state index in [9.17, 15) is 14.0 Å². The summed E-state index contributed by atoms with van der Waals surface area (Å²) in [6.45, 7) is 1.61. The SMILES string of the molecule is C/C(CC(=O)Nc1ccccn1)=N/NC(=O)c1ccc(F)cc1. The van der Waals surface area contributed by atoms with Crippen molar-refractivity contribution in [3.8, 4) is 0 Å². The molecular weight excluding hydrogens is 299 g/mol. The van der Waals surface area contributed by atoms with Gasteiger partial charge in [0.25, 0.3) is 5.91 Å². The summed E-state index contributed by atoms with van der Waals surface area (Å²) in [5.74, 6) is -0.747. The third-order valence-electron chi connectivity index (χ3n) is 2.80. The number of carbonyl (C=O) groups is 2. The number of carbonyl (C=O) groups excluding carboxylic acids is 2. The fourth-order valence-corrected chi connectivity index (χ4v) is 1.71. The van der Waals surface area contributed by atoms with Crippen LogP contribution >= 0.6 is 0 Å². The number of rotatable bonds is 5. The lowest BCUT2D eigenvalue weighted by molar-refractivity contribution is -0.115. The third kappa shape index (κ3) is 5.31. The second kappa shape index (κ2) is 7.79. The number of pyridine rings is 1. The predicted molar refractivity (Wildman–Crippen MR) is 84.5 cm³/mol. The topological polar surface area (TPSA) is 83.4 Å². The van der Waals surface area contributed by atoms with Crippen molar-refractivity contribution in [2.24, 2.45) is 5.10 Å². The molecular formula is C16H15FN4O2. The summed E-state index contributed by atoms with van der Waals surface area (Å²) >= 11 is 0. The Bertz CT molecular complexity index is 715. The van der Waals surface area contributed by atoms with Crippen LogP contribution in [-0.2, 0) is 4.79 Å². The Kier molecular flexibility index (Phi) is 5.51. The summed E-state index contributed by atoms with van der Waals surface area (Å²) in [4.78, 5) is 27.5. The third-order valence-corrected chi connectivity index (χ3v) is 2.80. The highest BCUT2D eigenvalue weighted by Crippen LogP contribution is 2.03. The second-order valence-electron chi connectivity index (χ2n) is 4.73. The molecule has 6 nitrogen and oxygen atoms in total. The number of nitrogens with one attached hydrogen (secondary N) is 2. The van der Waals surface area contributed by atoms with Gasteiger partial charge >= 0.3 is 0 Å². The number of aromatic nitrogens is 1. The van der Waals surface area contributed by atoms with Gasteiger partial charge in [-0.15, -0.1) is 0 Å². The van der Waals surface area contributed by atoms with Gasteiger partial charge in [-0.05, 0) is 43.3 Å². The van der Waals surface area contributed by atoms with E-state index in [1.807, 2.05) is 0 Å². The Hall–Kier alpha value is -3.09. The highest BCUT2D eigenvalue weighted by Gasteiger charge is 2.07. The lowest BCUT2D eigenvalue weighted by Crippen LogP contribution is -2.21. The molecule has 2 aromatic rings. The minimum absolute atomic E-state index is 0.0142. The van der Waals surface area contributed by atoms with Crippen LogP contribution in [0.5, 0.6) is 0 Å². The van der Waals surface area contributed by atoms with Crippen LogP contribution in [0.3, 0.4) is 0 Å². The van der Waals surface area contributed by atoms with E-state index in [1.165, 1.54) is 24.3 Å². The van der Waals surface area contributed by atoms with E-state index < -0.39 is 11.7 Å². The van der Waals surface area contributed by atoms with E-state index in [-0.39, 0.29) is 17.9 Å². The van der Waals surface area contributed by atoms with Crippen LogP contribution in [0.15, 0.2) is 53.8 Å². The molecule has 1 aromatic heterocycles. The molecule has 0 aliphatic carbocycles. The standard InChI is InChI=1S/C16H15FN4O2/c1-11(10-15(22)19-14-4-2-3-9-18-14)20-21-16(23)12-5-7-13(17)8-6-12/h2-9H,10H2,1H3,(H,21,23)(H,18,19,22)/b20-11-. The van der Waals surface area contributed by atoms with Gasteiger partial charge in [0.05, 0.1) is 6.42 Å². The van der Waals surface area contributed by atoms with E-state index >= 15 is 0 Å². The van der Waals surface area contributed by atoms with E-state index in [1.54, 1.807) is 31.3 Å². The molecule has 0 fully saturated rings. The molecule has 0 saturated carbocycles. The van der Waals surface area contributed by atoms with Crippen molar-refractivity contribution >= 4 is 23.3 Å². The maximum atomic E-state index is 12.8. The number of hydrazone groups is 1. The van der Waals surface area contributed by atoms with E-state index in [0.29, 0.717) is 11.5 Å². The number of hydrogen-bond acceptors (Lipinski definition) is 4. The van der Waals surface area contributed by atoms with Gasteiger partial charge in [-0.25, -0.2) is 14.8 Å². The first kappa shape index (κ1) is 16.3. The molecule has 0 aliphatic heterocycles. The molecule has 0 unspecified atom stereocenters. The highest BCUT2D eigenvalue weighted by atomic mass is 19.1. The molecule has 0 saturated heterocycles. The maximum Gasteiger partial charge on any atom is 0.271 e. The summed E-state index contributed by atoms with van der Waals surface area (Å²) in [5.41, 5.74) is 3.02. The molecule has 0 radical (unpaired) electrons. The molecule has 0 spiro atoms. The quantitative estimate of drug-likeness (QED) is 0.656. The summed E-state index contributed by atoms with van der Waals surface area (Å²) in [7, 11) is 0. The van der Waals surface area contributed by atoms with Crippen LogP contribution in [0.25, 0.3) is 0 Å². The average Bonchev–Trinajstić information content (AvgIpc) is 2.54. The number of anilines is 1. The maximum absolute atomic E-state index is 12.8.